The minimum Gasteiger partial charge on any atom is -0.349 e. The predicted octanol–water partition coefficient (Wildman–Crippen LogP) is 2.43. The largest absolute Gasteiger partial charge is 0.349 e. The molecule has 1 aromatic carbocycles. The SMILES string of the molecule is CN1C(=O)CSc2ccc(C(=O)NC3CCCC3)cc21. The minimum absolute atomic E-state index is 0.0314. The van der Waals surface area contributed by atoms with Crippen LogP contribution in [-0.4, -0.2) is 30.7 Å². The Balaban J connectivity index is 1.80. The van der Waals surface area contributed by atoms with Gasteiger partial charge < -0.3 is 10.2 Å². The quantitative estimate of drug-likeness (QED) is 0.910. The number of fused-ring (bicyclic) bond motifs is 1. The highest BCUT2D eigenvalue weighted by atomic mass is 32.2. The van der Waals surface area contributed by atoms with Crippen LogP contribution in [0.4, 0.5) is 5.69 Å². The second-order valence-electron chi connectivity index (χ2n) is 5.38. The van der Waals surface area contributed by atoms with Gasteiger partial charge in [-0.15, -0.1) is 11.8 Å². The molecule has 1 saturated carbocycles. The number of hydrogen-bond acceptors (Lipinski definition) is 3. The molecule has 0 bridgehead atoms. The Kier molecular flexibility index (Phi) is 3.70. The van der Waals surface area contributed by atoms with E-state index < -0.39 is 0 Å². The van der Waals surface area contributed by atoms with Crippen molar-refractivity contribution >= 4 is 29.3 Å². The molecule has 3 rings (SSSR count). The van der Waals surface area contributed by atoms with Crippen LogP contribution in [0.2, 0.25) is 0 Å². The number of benzene rings is 1. The first-order valence-corrected chi connectivity index (χ1v) is 7.98. The number of thioether (sulfide) groups is 1. The van der Waals surface area contributed by atoms with Gasteiger partial charge in [-0.2, -0.15) is 0 Å². The van der Waals surface area contributed by atoms with Crippen LogP contribution < -0.4 is 10.2 Å². The Bertz CT molecular complexity index is 553. The van der Waals surface area contributed by atoms with E-state index in [2.05, 4.69) is 5.32 Å². The predicted molar refractivity (Wildman–Crippen MR) is 80.3 cm³/mol. The van der Waals surface area contributed by atoms with E-state index in [0.29, 0.717) is 17.4 Å². The Morgan fingerprint density at radius 1 is 1.35 bits per heavy atom. The highest BCUT2D eigenvalue weighted by molar-refractivity contribution is 8.00. The average molecular weight is 290 g/mol. The van der Waals surface area contributed by atoms with E-state index in [-0.39, 0.29) is 11.8 Å². The molecule has 5 heteroatoms. The Hall–Kier alpha value is -1.49. The van der Waals surface area contributed by atoms with Gasteiger partial charge in [0.1, 0.15) is 0 Å². The van der Waals surface area contributed by atoms with Crippen molar-refractivity contribution in [3.05, 3.63) is 23.8 Å². The van der Waals surface area contributed by atoms with Gasteiger partial charge in [-0.3, -0.25) is 9.59 Å². The number of hydrogen-bond donors (Lipinski definition) is 1. The molecule has 0 aromatic heterocycles. The zero-order valence-electron chi connectivity index (χ0n) is 11.5. The van der Waals surface area contributed by atoms with E-state index in [1.807, 2.05) is 18.2 Å². The molecule has 1 aromatic rings. The highest BCUT2D eigenvalue weighted by Crippen LogP contribution is 2.35. The minimum atomic E-state index is -0.0314. The zero-order valence-corrected chi connectivity index (χ0v) is 12.3. The molecular weight excluding hydrogens is 272 g/mol. The smallest absolute Gasteiger partial charge is 0.251 e. The summed E-state index contributed by atoms with van der Waals surface area (Å²) >= 11 is 1.53. The summed E-state index contributed by atoms with van der Waals surface area (Å²) in [6, 6.07) is 5.92. The third-order valence-corrected chi connectivity index (χ3v) is 5.05. The van der Waals surface area contributed by atoms with Crippen molar-refractivity contribution < 1.29 is 9.59 Å². The molecule has 1 fully saturated rings. The summed E-state index contributed by atoms with van der Waals surface area (Å²) in [5, 5.41) is 3.08. The van der Waals surface area contributed by atoms with E-state index in [9.17, 15) is 9.59 Å². The maximum absolute atomic E-state index is 12.3. The number of nitrogens with one attached hydrogen (secondary N) is 1. The highest BCUT2D eigenvalue weighted by Gasteiger charge is 2.23. The number of anilines is 1. The van der Waals surface area contributed by atoms with Crippen LogP contribution in [0.3, 0.4) is 0 Å². The number of carbonyl (C=O) groups is 2. The Morgan fingerprint density at radius 3 is 2.85 bits per heavy atom. The summed E-state index contributed by atoms with van der Waals surface area (Å²) in [5.74, 6) is 0.517. The lowest BCUT2D eigenvalue weighted by molar-refractivity contribution is -0.116. The van der Waals surface area contributed by atoms with Crippen molar-refractivity contribution in [1.82, 2.24) is 5.32 Å². The summed E-state index contributed by atoms with van der Waals surface area (Å²) in [6.45, 7) is 0. The Morgan fingerprint density at radius 2 is 2.10 bits per heavy atom. The van der Waals surface area contributed by atoms with Crippen LogP contribution in [0.1, 0.15) is 36.0 Å². The van der Waals surface area contributed by atoms with Crippen molar-refractivity contribution in [2.75, 3.05) is 17.7 Å². The van der Waals surface area contributed by atoms with Crippen LogP contribution in [0, 0.1) is 0 Å². The molecular formula is C15H18N2O2S. The van der Waals surface area contributed by atoms with Crippen LogP contribution in [0.25, 0.3) is 0 Å². The maximum Gasteiger partial charge on any atom is 0.251 e. The molecule has 1 aliphatic heterocycles. The van der Waals surface area contributed by atoms with Gasteiger partial charge in [0, 0.05) is 23.5 Å². The normalized spacial score (nSPS) is 19.1. The number of rotatable bonds is 2. The number of amides is 2. The lowest BCUT2D eigenvalue weighted by Gasteiger charge is -2.25. The first-order valence-electron chi connectivity index (χ1n) is 6.99. The molecule has 106 valence electrons. The third-order valence-electron chi connectivity index (χ3n) is 4.00. The van der Waals surface area contributed by atoms with E-state index in [1.165, 1.54) is 24.6 Å². The van der Waals surface area contributed by atoms with Crippen molar-refractivity contribution in [3.63, 3.8) is 0 Å². The van der Waals surface area contributed by atoms with Crippen molar-refractivity contribution in [3.8, 4) is 0 Å². The lowest BCUT2D eigenvalue weighted by Crippen LogP contribution is -2.34. The average Bonchev–Trinajstić information content (AvgIpc) is 2.95. The molecule has 4 nitrogen and oxygen atoms in total. The molecule has 1 N–H and O–H groups in total. The fourth-order valence-corrected chi connectivity index (χ4v) is 3.73. The van der Waals surface area contributed by atoms with E-state index in [0.717, 1.165) is 23.4 Å². The van der Waals surface area contributed by atoms with Gasteiger partial charge in [-0.25, -0.2) is 0 Å². The van der Waals surface area contributed by atoms with Gasteiger partial charge in [0.25, 0.3) is 5.91 Å². The second kappa shape index (κ2) is 5.48. The van der Waals surface area contributed by atoms with Crippen molar-refractivity contribution in [2.45, 2.75) is 36.6 Å². The van der Waals surface area contributed by atoms with Gasteiger partial charge in [0.15, 0.2) is 0 Å². The van der Waals surface area contributed by atoms with E-state index in [1.54, 1.807) is 11.9 Å². The summed E-state index contributed by atoms with van der Waals surface area (Å²) in [7, 11) is 1.76. The standard InChI is InChI=1S/C15H18N2O2S/c1-17-12-8-10(6-7-13(12)20-9-14(17)18)15(19)16-11-4-2-3-5-11/h6-8,11H,2-5,9H2,1H3,(H,16,19). The molecule has 0 unspecified atom stereocenters. The summed E-state index contributed by atoms with van der Waals surface area (Å²) in [5.41, 5.74) is 1.48. The van der Waals surface area contributed by atoms with Crippen LogP contribution in [-0.2, 0) is 4.79 Å². The van der Waals surface area contributed by atoms with Gasteiger partial charge in [0.05, 0.1) is 11.4 Å². The lowest BCUT2D eigenvalue weighted by atomic mass is 10.1. The molecule has 0 spiro atoms. The molecule has 2 aliphatic rings. The van der Waals surface area contributed by atoms with Gasteiger partial charge in [-0.05, 0) is 31.0 Å². The molecule has 0 atom stereocenters. The molecule has 1 aliphatic carbocycles. The van der Waals surface area contributed by atoms with Crippen molar-refractivity contribution in [1.29, 1.82) is 0 Å². The third kappa shape index (κ3) is 2.54. The first-order chi connectivity index (χ1) is 9.65. The topological polar surface area (TPSA) is 49.4 Å². The molecule has 0 radical (unpaired) electrons. The maximum atomic E-state index is 12.3. The molecule has 20 heavy (non-hydrogen) atoms. The fourth-order valence-electron chi connectivity index (χ4n) is 2.75. The number of carbonyl (C=O) groups excluding carboxylic acids is 2. The van der Waals surface area contributed by atoms with Gasteiger partial charge in [-0.1, -0.05) is 12.8 Å². The van der Waals surface area contributed by atoms with Gasteiger partial charge >= 0.3 is 0 Å². The number of nitrogens with zero attached hydrogens (tertiary/aromatic N) is 1. The van der Waals surface area contributed by atoms with E-state index >= 15 is 0 Å². The molecule has 2 amide bonds. The zero-order chi connectivity index (χ0) is 14.1. The Labute approximate surface area is 122 Å². The monoisotopic (exact) mass is 290 g/mol. The first kappa shape index (κ1) is 13.5. The van der Waals surface area contributed by atoms with Crippen LogP contribution in [0.15, 0.2) is 23.1 Å². The van der Waals surface area contributed by atoms with Crippen molar-refractivity contribution in [2.24, 2.45) is 0 Å². The van der Waals surface area contributed by atoms with Crippen LogP contribution >= 0.6 is 11.8 Å². The van der Waals surface area contributed by atoms with E-state index in [4.69, 9.17) is 0 Å². The molecule has 1 heterocycles. The summed E-state index contributed by atoms with van der Waals surface area (Å²) in [4.78, 5) is 26.7. The summed E-state index contributed by atoms with van der Waals surface area (Å²) in [6.07, 6.45) is 4.54. The molecule has 0 saturated heterocycles. The van der Waals surface area contributed by atoms with Gasteiger partial charge in [0.2, 0.25) is 5.91 Å². The second-order valence-corrected chi connectivity index (χ2v) is 6.40. The van der Waals surface area contributed by atoms with Crippen LogP contribution in [0.5, 0.6) is 0 Å². The summed E-state index contributed by atoms with van der Waals surface area (Å²) < 4.78 is 0. The fraction of sp³-hybridized carbons (Fsp3) is 0.467.